The van der Waals surface area contributed by atoms with Crippen LogP contribution in [-0.2, 0) is 22.7 Å². The number of carbonyl (C=O) groups excluding carboxylic acids is 1. The Balaban J connectivity index is 0.000000221. The molecule has 0 saturated carbocycles. The van der Waals surface area contributed by atoms with Crippen LogP contribution in [0.4, 0.5) is 4.39 Å². The third kappa shape index (κ3) is 6.78. The summed E-state index contributed by atoms with van der Waals surface area (Å²) in [7, 11) is 0. The summed E-state index contributed by atoms with van der Waals surface area (Å²) < 4.78 is 12.7. The molecule has 5 nitrogen and oxygen atoms in total. The molecule has 1 fully saturated rings. The summed E-state index contributed by atoms with van der Waals surface area (Å²) >= 11 is 0. The number of carboxylic acid groups (broad SMARTS) is 1. The largest absolute Gasteiger partial charge is 0.480 e. The predicted molar refractivity (Wildman–Crippen MR) is 106 cm³/mol. The average Bonchev–Trinajstić information content (AvgIpc) is 3.04. The molecule has 1 aliphatic rings. The van der Waals surface area contributed by atoms with Crippen LogP contribution in [-0.4, -0.2) is 34.0 Å². The van der Waals surface area contributed by atoms with Crippen molar-refractivity contribution in [3.63, 3.8) is 0 Å². The monoisotopic (exact) mass is 386 g/mol. The number of carbonyl (C=O) groups is 2. The Hall–Kier alpha value is -2.73. The molecule has 0 spiro atoms. The molecule has 2 aromatic carbocycles. The van der Waals surface area contributed by atoms with Gasteiger partial charge in [-0.1, -0.05) is 56.3 Å². The number of aliphatic carboxylic acids is 1. The van der Waals surface area contributed by atoms with E-state index in [0.29, 0.717) is 12.5 Å². The predicted octanol–water partition coefficient (Wildman–Crippen LogP) is 3.59. The van der Waals surface area contributed by atoms with Crippen molar-refractivity contribution in [3.05, 3.63) is 71.5 Å². The fourth-order valence-electron chi connectivity index (χ4n) is 2.89. The van der Waals surface area contributed by atoms with Gasteiger partial charge < -0.3 is 15.3 Å². The van der Waals surface area contributed by atoms with Crippen molar-refractivity contribution in [3.8, 4) is 0 Å². The second-order valence-corrected chi connectivity index (χ2v) is 7.06. The van der Waals surface area contributed by atoms with E-state index < -0.39 is 12.0 Å². The number of hydrogen-bond acceptors (Lipinski definition) is 3. The topological polar surface area (TPSA) is 69.6 Å². The Morgan fingerprint density at radius 3 is 2.36 bits per heavy atom. The van der Waals surface area contributed by atoms with Crippen LogP contribution < -0.4 is 5.32 Å². The number of amides is 1. The van der Waals surface area contributed by atoms with Gasteiger partial charge >= 0.3 is 5.97 Å². The van der Waals surface area contributed by atoms with E-state index in [2.05, 4.69) is 43.4 Å². The second-order valence-electron chi connectivity index (χ2n) is 7.06. The van der Waals surface area contributed by atoms with Crippen LogP contribution in [0.25, 0.3) is 0 Å². The summed E-state index contributed by atoms with van der Waals surface area (Å²) in [4.78, 5) is 23.8. The first kappa shape index (κ1) is 21.6. The fourth-order valence-corrected chi connectivity index (χ4v) is 2.89. The van der Waals surface area contributed by atoms with Gasteiger partial charge in [-0.2, -0.15) is 0 Å². The van der Waals surface area contributed by atoms with Crippen LogP contribution in [0.3, 0.4) is 0 Å². The van der Waals surface area contributed by atoms with E-state index in [1.54, 1.807) is 12.1 Å². The lowest BCUT2D eigenvalue weighted by atomic mass is 10.2. The zero-order chi connectivity index (χ0) is 20.5. The normalized spacial score (nSPS) is 16.1. The van der Waals surface area contributed by atoms with Gasteiger partial charge in [0.1, 0.15) is 11.9 Å². The first-order valence-electron chi connectivity index (χ1n) is 9.41. The highest BCUT2D eigenvalue weighted by atomic mass is 19.1. The third-order valence-corrected chi connectivity index (χ3v) is 4.44. The van der Waals surface area contributed by atoms with Crippen molar-refractivity contribution in [1.29, 1.82) is 0 Å². The first-order valence-corrected chi connectivity index (χ1v) is 9.41. The van der Waals surface area contributed by atoms with Gasteiger partial charge in [0.15, 0.2) is 0 Å². The Bertz CT molecular complexity index is 763. The zero-order valence-corrected chi connectivity index (χ0v) is 16.3. The lowest BCUT2D eigenvalue weighted by Crippen LogP contribution is -2.37. The Kier molecular flexibility index (Phi) is 8.14. The van der Waals surface area contributed by atoms with Crippen molar-refractivity contribution in [2.24, 2.45) is 0 Å². The van der Waals surface area contributed by atoms with E-state index in [1.807, 2.05) is 6.07 Å². The van der Waals surface area contributed by atoms with E-state index in [1.165, 1.54) is 22.6 Å². The minimum atomic E-state index is -0.988. The Morgan fingerprint density at radius 1 is 1.14 bits per heavy atom. The molecule has 1 heterocycles. The molecule has 28 heavy (non-hydrogen) atoms. The summed E-state index contributed by atoms with van der Waals surface area (Å²) in [5, 5.41) is 12.3. The molecule has 2 aromatic rings. The molecular formula is C22H27FN2O3. The van der Waals surface area contributed by atoms with Gasteiger partial charge in [0.05, 0.1) is 0 Å². The summed E-state index contributed by atoms with van der Waals surface area (Å²) in [6, 6.07) is 16.0. The van der Waals surface area contributed by atoms with Gasteiger partial charge in [-0.25, -0.2) is 9.18 Å². The summed E-state index contributed by atoms with van der Waals surface area (Å²) in [6.45, 7) is 5.50. The highest BCUT2D eigenvalue weighted by Crippen LogP contribution is 2.21. The van der Waals surface area contributed by atoms with Crippen LogP contribution in [0.2, 0.25) is 0 Å². The van der Waals surface area contributed by atoms with E-state index >= 15 is 0 Å². The van der Waals surface area contributed by atoms with Gasteiger partial charge in [0.2, 0.25) is 5.91 Å². The number of likely N-dealkylation sites (tertiary alicyclic amines) is 1. The lowest BCUT2D eigenvalue weighted by molar-refractivity contribution is -0.146. The molecule has 1 aliphatic heterocycles. The molecule has 1 amide bonds. The SMILES string of the molecule is CC(C)NCc1ccccc1.O=C(O)[C@@H]1CCC(=O)N1Cc1ccc(F)cc1. The molecule has 2 N–H and O–H groups in total. The summed E-state index contributed by atoms with van der Waals surface area (Å²) in [6.07, 6.45) is 0.605. The molecular weight excluding hydrogens is 359 g/mol. The number of nitrogens with one attached hydrogen (secondary N) is 1. The molecule has 1 saturated heterocycles. The fraction of sp³-hybridized carbons (Fsp3) is 0.364. The third-order valence-electron chi connectivity index (χ3n) is 4.44. The zero-order valence-electron chi connectivity index (χ0n) is 16.3. The smallest absolute Gasteiger partial charge is 0.326 e. The van der Waals surface area contributed by atoms with E-state index in [4.69, 9.17) is 5.11 Å². The van der Waals surface area contributed by atoms with Gasteiger partial charge in [0, 0.05) is 25.6 Å². The highest BCUT2D eigenvalue weighted by Gasteiger charge is 2.35. The maximum Gasteiger partial charge on any atom is 0.326 e. The standard InChI is InChI=1S/C12H12FNO3.C10H15N/c13-9-3-1-8(2-4-9)7-14-10(12(16)17)5-6-11(14)15;1-9(2)11-8-10-6-4-3-5-7-10/h1-4,10H,5-7H2,(H,16,17);3-7,9,11H,8H2,1-2H3/t10-;/m0./s1. The van der Waals surface area contributed by atoms with Crippen LogP contribution >= 0.6 is 0 Å². The molecule has 0 bridgehead atoms. The second kappa shape index (κ2) is 10.6. The Labute approximate surface area is 165 Å². The van der Waals surface area contributed by atoms with Crippen molar-refractivity contribution >= 4 is 11.9 Å². The quantitative estimate of drug-likeness (QED) is 0.796. The number of halogens is 1. The molecule has 0 unspecified atom stereocenters. The highest BCUT2D eigenvalue weighted by molar-refractivity contribution is 5.87. The van der Waals surface area contributed by atoms with Crippen LogP contribution in [0.15, 0.2) is 54.6 Å². The molecule has 0 radical (unpaired) electrons. The van der Waals surface area contributed by atoms with Crippen molar-refractivity contribution in [2.45, 2.75) is 51.9 Å². The maximum absolute atomic E-state index is 12.7. The van der Waals surface area contributed by atoms with Crippen molar-refractivity contribution in [1.82, 2.24) is 10.2 Å². The number of carboxylic acids is 1. The minimum Gasteiger partial charge on any atom is -0.480 e. The molecule has 6 heteroatoms. The van der Waals surface area contributed by atoms with Crippen molar-refractivity contribution in [2.75, 3.05) is 0 Å². The lowest BCUT2D eigenvalue weighted by Gasteiger charge is -2.21. The van der Waals surface area contributed by atoms with E-state index in [0.717, 1.165) is 12.1 Å². The number of benzene rings is 2. The van der Waals surface area contributed by atoms with Crippen LogP contribution in [0, 0.1) is 5.82 Å². The van der Waals surface area contributed by atoms with E-state index in [-0.39, 0.29) is 24.7 Å². The molecule has 0 aromatic heterocycles. The van der Waals surface area contributed by atoms with Gasteiger partial charge in [-0.15, -0.1) is 0 Å². The number of rotatable bonds is 6. The van der Waals surface area contributed by atoms with Crippen molar-refractivity contribution < 1.29 is 19.1 Å². The van der Waals surface area contributed by atoms with E-state index in [9.17, 15) is 14.0 Å². The first-order chi connectivity index (χ1) is 13.4. The maximum atomic E-state index is 12.7. The van der Waals surface area contributed by atoms with Gasteiger partial charge in [-0.3, -0.25) is 4.79 Å². The molecule has 3 rings (SSSR count). The molecule has 150 valence electrons. The number of nitrogens with zero attached hydrogens (tertiary/aromatic N) is 1. The molecule has 1 atom stereocenters. The molecule has 0 aliphatic carbocycles. The Morgan fingerprint density at radius 2 is 1.79 bits per heavy atom. The average molecular weight is 386 g/mol. The van der Waals surface area contributed by atoms with Crippen LogP contribution in [0.5, 0.6) is 0 Å². The summed E-state index contributed by atoms with van der Waals surface area (Å²) in [5.74, 6) is -1.50. The van der Waals surface area contributed by atoms with Crippen LogP contribution in [0.1, 0.15) is 37.8 Å². The van der Waals surface area contributed by atoms with Gasteiger partial charge in [0.25, 0.3) is 0 Å². The van der Waals surface area contributed by atoms with Gasteiger partial charge in [-0.05, 0) is 29.7 Å². The minimum absolute atomic E-state index is 0.165. The summed E-state index contributed by atoms with van der Waals surface area (Å²) in [5.41, 5.74) is 2.08. The number of hydrogen-bond donors (Lipinski definition) is 2.